The monoisotopic (exact) mass is 478 g/mol. The molecule has 0 bridgehead atoms. The van der Waals surface area contributed by atoms with Crippen molar-refractivity contribution in [3.8, 4) is 11.3 Å². The topological polar surface area (TPSA) is 94.0 Å². The molecule has 9 heteroatoms. The van der Waals surface area contributed by atoms with Gasteiger partial charge in [-0.3, -0.25) is 24.3 Å². The molecule has 0 atom stereocenters. The Morgan fingerprint density at radius 3 is 2.58 bits per heavy atom. The lowest BCUT2D eigenvalue weighted by Crippen LogP contribution is -2.24. The van der Waals surface area contributed by atoms with E-state index in [1.54, 1.807) is 11.5 Å². The SMILES string of the molecule is CC(=O)c1sc(NC(=O)c2sc3nc4n(c(=O)c3c2C)CCCCC4)nc1-c1ccccc1. The summed E-state index contributed by atoms with van der Waals surface area (Å²) in [6, 6.07) is 9.42. The van der Waals surface area contributed by atoms with Crippen molar-refractivity contribution in [2.45, 2.75) is 46.1 Å². The first-order valence-corrected chi connectivity index (χ1v) is 12.5. The van der Waals surface area contributed by atoms with Gasteiger partial charge in [-0.2, -0.15) is 0 Å². The van der Waals surface area contributed by atoms with Crippen LogP contribution in [-0.2, 0) is 13.0 Å². The highest BCUT2D eigenvalue weighted by atomic mass is 32.1. The van der Waals surface area contributed by atoms with Crippen molar-refractivity contribution in [3.05, 3.63) is 61.8 Å². The summed E-state index contributed by atoms with van der Waals surface area (Å²) in [7, 11) is 0. The number of hydrogen-bond donors (Lipinski definition) is 1. The number of nitrogens with one attached hydrogen (secondary N) is 1. The van der Waals surface area contributed by atoms with Crippen LogP contribution in [0.15, 0.2) is 35.1 Å². The molecule has 0 unspecified atom stereocenters. The molecule has 0 saturated heterocycles. The maximum atomic E-state index is 13.2. The van der Waals surface area contributed by atoms with Crippen LogP contribution in [-0.4, -0.2) is 26.2 Å². The van der Waals surface area contributed by atoms with Crippen molar-refractivity contribution in [2.75, 3.05) is 5.32 Å². The van der Waals surface area contributed by atoms with Gasteiger partial charge in [0.1, 0.15) is 10.7 Å². The molecule has 33 heavy (non-hydrogen) atoms. The zero-order valence-electron chi connectivity index (χ0n) is 18.3. The molecule has 0 aliphatic carbocycles. The van der Waals surface area contributed by atoms with Crippen LogP contribution < -0.4 is 10.9 Å². The van der Waals surface area contributed by atoms with Crippen molar-refractivity contribution in [2.24, 2.45) is 0 Å². The molecule has 168 valence electrons. The predicted molar refractivity (Wildman–Crippen MR) is 132 cm³/mol. The number of carbonyl (C=O) groups is 2. The van der Waals surface area contributed by atoms with Crippen LogP contribution in [0.1, 0.15) is 56.9 Å². The Kier molecular flexibility index (Phi) is 5.67. The summed E-state index contributed by atoms with van der Waals surface area (Å²) in [6.07, 6.45) is 3.84. The smallest absolute Gasteiger partial charge is 0.267 e. The maximum Gasteiger partial charge on any atom is 0.267 e. The van der Waals surface area contributed by atoms with Crippen LogP contribution in [0.25, 0.3) is 21.5 Å². The molecular formula is C24H22N4O3S2. The quantitative estimate of drug-likeness (QED) is 0.413. The predicted octanol–water partition coefficient (Wildman–Crippen LogP) is 5.07. The number of fused-ring (bicyclic) bond motifs is 2. The van der Waals surface area contributed by atoms with E-state index in [1.807, 2.05) is 30.3 Å². The van der Waals surface area contributed by atoms with Gasteiger partial charge in [0.2, 0.25) is 0 Å². The number of nitrogens with zero attached hydrogens (tertiary/aromatic N) is 3. The van der Waals surface area contributed by atoms with Gasteiger partial charge in [0.15, 0.2) is 10.9 Å². The number of ketones is 1. The Bertz CT molecular complexity index is 1450. The molecule has 7 nitrogen and oxygen atoms in total. The van der Waals surface area contributed by atoms with Crippen LogP contribution in [0, 0.1) is 6.92 Å². The minimum atomic E-state index is -0.349. The Labute approximate surface area is 198 Å². The van der Waals surface area contributed by atoms with Crippen molar-refractivity contribution in [1.29, 1.82) is 0 Å². The molecule has 4 aromatic rings. The molecule has 3 aromatic heterocycles. The average Bonchev–Trinajstić information content (AvgIpc) is 3.27. The number of rotatable bonds is 4. The number of Topliss-reactive ketones (excluding diaryl/α,β-unsaturated/α-hetero) is 1. The van der Waals surface area contributed by atoms with E-state index in [1.165, 1.54) is 18.3 Å². The van der Waals surface area contributed by atoms with Crippen LogP contribution >= 0.6 is 22.7 Å². The third kappa shape index (κ3) is 3.91. The number of aryl methyl sites for hydroxylation is 2. The van der Waals surface area contributed by atoms with E-state index in [4.69, 9.17) is 4.98 Å². The van der Waals surface area contributed by atoms with Gasteiger partial charge in [-0.05, 0) is 25.3 Å². The summed E-state index contributed by atoms with van der Waals surface area (Å²) in [5.41, 5.74) is 1.94. The maximum absolute atomic E-state index is 13.2. The first-order valence-electron chi connectivity index (χ1n) is 10.9. The van der Waals surface area contributed by atoms with Crippen LogP contribution in [0.2, 0.25) is 0 Å². The lowest BCUT2D eigenvalue weighted by molar-refractivity contribution is 0.101. The Balaban J connectivity index is 1.51. The fraction of sp³-hybridized carbons (Fsp3) is 0.292. The van der Waals surface area contributed by atoms with Crippen molar-refractivity contribution in [3.63, 3.8) is 0 Å². The molecule has 1 N–H and O–H groups in total. The van der Waals surface area contributed by atoms with Gasteiger partial charge in [0.05, 0.1) is 20.8 Å². The van der Waals surface area contributed by atoms with Gasteiger partial charge in [0, 0.05) is 25.5 Å². The molecule has 1 aliphatic rings. The van der Waals surface area contributed by atoms with Gasteiger partial charge in [-0.1, -0.05) is 48.1 Å². The van der Waals surface area contributed by atoms with E-state index in [0.717, 1.165) is 48.4 Å². The largest absolute Gasteiger partial charge is 0.297 e. The van der Waals surface area contributed by atoms with Gasteiger partial charge < -0.3 is 0 Å². The molecule has 0 radical (unpaired) electrons. The van der Waals surface area contributed by atoms with Gasteiger partial charge in [-0.25, -0.2) is 9.97 Å². The van der Waals surface area contributed by atoms with E-state index in [-0.39, 0.29) is 17.2 Å². The molecule has 4 heterocycles. The molecule has 1 aromatic carbocycles. The number of hydrogen-bond acceptors (Lipinski definition) is 7. The summed E-state index contributed by atoms with van der Waals surface area (Å²) in [6.45, 7) is 3.95. The molecule has 0 fully saturated rings. The third-order valence-corrected chi connectivity index (χ3v) is 8.09. The highest BCUT2D eigenvalue weighted by molar-refractivity contribution is 7.21. The lowest BCUT2D eigenvalue weighted by atomic mass is 10.1. The van der Waals surface area contributed by atoms with Gasteiger partial charge in [-0.15, -0.1) is 11.3 Å². The third-order valence-electron chi connectivity index (χ3n) is 5.83. The summed E-state index contributed by atoms with van der Waals surface area (Å²) in [5.74, 6) is 0.346. The highest BCUT2D eigenvalue weighted by Gasteiger charge is 2.24. The van der Waals surface area contributed by atoms with E-state index in [0.29, 0.717) is 42.9 Å². The average molecular weight is 479 g/mol. The van der Waals surface area contributed by atoms with Gasteiger partial charge >= 0.3 is 0 Å². The Morgan fingerprint density at radius 2 is 1.82 bits per heavy atom. The zero-order valence-corrected chi connectivity index (χ0v) is 19.9. The molecular weight excluding hydrogens is 456 g/mol. The Morgan fingerprint density at radius 1 is 1.03 bits per heavy atom. The number of anilines is 1. The molecule has 1 aliphatic heterocycles. The molecule has 0 spiro atoms. The van der Waals surface area contributed by atoms with Crippen LogP contribution in [0.4, 0.5) is 5.13 Å². The molecule has 5 rings (SSSR count). The first-order chi connectivity index (χ1) is 15.9. The van der Waals surface area contributed by atoms with Crippen LogP contribution in [0.5, 0.6) is 0 Å². The van der Waals surface area contributed by atoms with E-state index in [9.17, 15) is 14.4 Å². The second-order valence-electron chi connectivity index (χ2n) is 8.10. The second-order valence-corrected chi connectivity index (χ2v) is 10.1. The minimum absolute atomic E-state index is 0.0656. The molecule has 1 amide bonds. The van der Waals surface area contributed by atoms with E-state index in [2.05, 4.69) is 10.3 Å². The van der Waals surface area contributed by atoms with E-state index >= 15 is 0 Å². The number of carbonyl (C=O) groups excluding carboxylic acids is 2. The fourth-order valence-electron chi connectivity index (χ4n) is 4.18. The first kappa shape index (κ1) is 21.7. The lowest BCUT2D eigenvalue weighted by Gasteiger charge is -2.08. The number of thiophene rings is 1. The number of aromatic nitrogens is 3. The van der Waals surface area contributed by atoms with Gasteiger partial charge in [0.25, 0.3) is 11.5 Å². The van der Waals surface area contributed by atoms with Crippen molar-refractivity contribution < 1.29 is 9.59 Å². The summed E-state index contributed by atoms with van der Waals surface area (Å²) in [4.78, 5) is 49.3. The zero-order chi connectivity index (χ0) is 23.1. The Hall–Kier alpha value is -3.17. The summed E-state index contributed by atoms with van der Waals surface area (Å²) in [5, 5.41) is 3.70. The van der Waals surface area contributed by atoms with Crippen molar-refractivity contribution >= 4 is 49.7 Å². The van der Waals surface area contributed by atoms with E-state index < -0.39 is 0 Å². The number of thiazole rings is 1. The second kappa shape index (κ2) is 8.64. The standard InChI is InChI=1S/C24H22N4O3S2/c1-13-17-22(25-16-11-7-4-8-12-28(16)23(17)31)32-19(13)21(30)27-24-26-18(20(33-24)14(2)29)15-9-5-3-6-10-15/h3,5-6,9-10H,4,7-8,11-12H2,1-2H3,(H,26,27,30). The fourth-order valence-corrected chi connectivity index (χ4v) is 6.15. The normalized spacial score (nSPS) is 13.5. The van der Waals surface area contributed by atoms with Crippen molar-refractivity contribution in [1.82, 2.24) is 14.5 Å². The van der Waals surface area contributed by atoms with Crippen LogP contribution in [0.3, 0.4) is 0 Å². The highest BCUT2D eigenvalue weighted by Crippen LogP contribution is 2.33. The minimum Gasteiger partial charge on any atom is -0.297 e. The summed E-state index contributed by atoms with van der Waals surface area (Å²) < 4.78 is 1.77. The number of amides is 1. The number of benzene rings is 1. The molecule has 0 saturated carbocycles. The summed E-state index contributed by atoms with van der Waals surface area (Å²) >= 11 is 2.39.